The lowest BCUT2D eigenvalue weighted by Gasteiger charge is -2.19. The van der Waals surface area contributed by atoms with Gasteiger partial charge in [-0.2, -0.15) is 0 Å². The van der Waals surface area contributed by atoms with Crippen molar-refractivity contribution in [2.24, 2.45) is 0 Å². The van der Waals surface area contributed by atoms with Crippen LogP contribution in [0.15, 0.2) is 48.7 Å². The summed E-state index contributed by atoms with van der Waals surface area (Å²) in [6.45, 7) is 1.67. The number of hydrogen-bond donors (Lipinski definition) is 1. The zero-order valence-electron chi connectivity index (χ0n) is 16.0. The Morgan fingerprint density at radius 3 is 2.76 bits per heavy atom. The van der Waals surface area contributed by atoms with E-state index in [4.69, 9.17) is 11.6 Å². The number of anilines is 2. The topological polar surface area (TPSA) is 65.1 Å². The van der Waals surface area contributed by atoms with Gasteiger partial charge in [-0.25, -0.2) is 4.98 Å². The Kier molecular flexibility index (Phi) is 4.36. The van der Waals surface area contributed by atoms with Gasteiger partial charge in [-0.15, -0.1) is 0 Å². The molecule has 29 heavy (non-hydrogen) atoms. The van der Waals surface area contributed by atoms with Crippen LogP contribution in [-0.2, 0) is 0 Å². The Balaban J connectivity index is 1.52. The van der Waals surface area contributed by atoms with Crippen LogP contribution in [0.3, 0.4) is 0 Å². The van der Waals surface area contributed by atoms with Crippen LogP contribution in [0.1, 0.15) is 23.2 Å². The van der Waals surface area contributed by atoms with Gasteiger partial charge in [0.15, 0.2) is 0 Å². The Morgan fingerprint density at radius 1 is 1.10 bits per heavy atom. The predicted molar refractivity (Wildman–Crippen MR) is 116 cm³/mol. The number of hydrogen-bond acceptors (Lipinski definition) is 4. The zero-order valence-corrected chi connectivity index (χ0v) is 16.8. The minimum Gasteiger partial charge on any atom is -0.339 e. The molecule has 0 saturated carbocycles. The second-order valence-electron chi connectivity index (χ2n) is 7.34. The molecule has 1 N–H and O–H groups in total. The van der Waals surface area contributed by atoms with E-state index in [0.29, 0.717) is 16.5 Å². The van der Waals surface area contributed by atoms with E-state index in [1.807, 2.05) is 59.3 Å². The van der Waals surface area contributed by atoms with Gasteiger partial charge in [0.25, 0.3) is 5.91 Å². The number of amides is 1. The molecule has 146 valence electrons. The van der Waals surface area contributed by atoms with Gasteiger partial charge in [0.05, 0.1) is 22.2 Å². The highest BCUT2D eigenvalue weighted by atomic mass is 35.5. The van der Waals surface area contributed by atoms with Crippen molar-refractivity contribution in [3.8, 4) is 0 Å². The van der Waals surface area contributed by atoms with E-state index in [1.54, 1.807) is 6.20 Å². The van der Waals surface area contributed by atoms with E-state index in [9.17, 15) is 4.79 Å². The summed E-state index contributed by atoms with van der Waals surface area (Å²) in [6.07, 6.45) is 3.92. The number of rotatable bonds is 3. The fraction of sp³-hybridized carbons (Fsp3) is 0.227. The van der Waals surface area contributed by atoms with Gasteiger partial charge < -0.3 is 14.8 Å². The fourth-order valence-electron chi connectivity index (χ4n) is 3.90. The van der Waals surface area contributed by atoms with E-state index in [1.165, 1.54) is 0 Å². The van der Waals surface area contributed by atoms with Crippen molar-refractivity contribution in [1.82, 2.24) is 19.9 Å². The normalized spacial score (nSPS) is 14.1. The third-order valence-electron chi connectivity index (χ3n) is 5.47. The van der Waals surface area contributed by atoms with Gasteiger partial charge >= 0.3 is 0 Å². The minimum atomic E-state index is 0.0825. The molecule has 1 saturated heterocycles. The number of aromatic amines is 1. The number of fused-ring (bicyclic) bond motifs is 2. The van der Waals surface area contributed by atoms with E-state index >= 15 is 0 Å². The van der Waals surface area contributed by atoms with E-state index in [2.05, 4.69) is 15.0 Å². The summed E-state index contributed by atoms with van der Waals surface area (Å²) in [4.78, 5) is 29.1. The molecule has 4 aromatic rings. The van der Waals surface area contributed by atoms with Crippen LogP contribution in [-0.4, -0.2) is 45.9 Å². The second-order valence-corrected chi connectivity index (χ2v) is 7.78. The minimum absolute atomic E-state index is 0.0825. The molecule has 5 rings (SSSR count). The molecule has 0 spiro atoms. The van der Waals surface area contributed by atoms with Gasteiger partial charge in [-0.05, 0) is 55.3 Å². The Bertz CT molecular complexity index is 1230. The summed E-state index contributed by atoms with van der Waals surface area (Å²) in [5, 5.41) is 1.63. The first-order valence-electron chi connectivity index (χ1n) is 9.67. The molecule has 6 nitrogen and oxygen atoms in total. The fourth-order valence-corrected chi connectivity index (χ4v) is 4.07. The van der Waals surface area contributed by atoms with Gasteiger partial charge in [-0.1, -0.05) is 11.6 Å². The molecule has 3 heterocycles. The largest absolute Gasteiger partial charge is 0.339 e. The molecule has 0 radical (unpaired) electrons. The lowest BCUT2D eigenvalue weighted by molar-refractivity contribution is 0.0793. The molecular weight excluding hydrogens is 386 g/mol. The number of carbonyl (C=O) groups excluding carboxylic acids is 1. The van der Waals surface area contributed by atoms with Crippen LogP contribution in [0.4, 0.5) is 11.6 Å². The SMILES string of the molecule is CN(c1nc2ccc(Cl)cc2[nH]1)c1ccnc2cc(C(=O)N3CCCC3)ccc12. The number of nitrogens with one attached hydrogen (secondary N) is 1. The number of likely N-dealkylation sites (tertiary alicyclic amines) is 1. The number of nitrogens with zero attached hydrogens (tertiary/aromatic N) is 4. The molecule has 1 amide bonds. The van der Waals surface area contributed by atoms with Gasteiger partial charge in [-0.3, -0.25) is 9.78 Å². The average Bonchev–Trinajstić information content (AvgIpc) is 3.41. The molecular formula is C22H20ClN5O. The van der Waals surface area contributed by atoms with Gasteiger partial charge in [0, 0.05) is 42.3 Å². The summed E-state index contributed by atoms with van der Waals surface area (Å²) < 4.78 is 0. The van der Waals surface area contributed by atoms with Crippen molar-refractivity contribution in [1.29, 1.82) is 0 Å². The first kappa shape index (κ1) is 17.9. The Hall–Kier alpha value is -3.12. The molecule has 1 fully saturated rings. The van der Waals surface area contributed by atoms with Crippen molar-refractivity contribution in [2.75, 3.05) is 25.0 Å². The standard InChI is InChI=1S/C22H20ClN5O/c1-27(22-25-17-7-5-15(23)13-19(17)26-22)20-8-9-24-18-12-14(4-6-16(18)20)21(29)28-10-2-3-11-28/h4-9,12-13H,2-3,10-11H2,1H3,(H,25,26). The molecule has 0 atom stereocenters. The third kappa shape index (κ3) is 3.19. The summed E-state index contributed by atoms with van der Waals surface area (Å²) in [5.41, 5.74) is 4.17. The quantitative estimate of drug-likeness (QED) is 0.533. The molecule has 2 aromatic carbocycles. The number of H-pyrrole nitrogens is 1. The van der Waals surface area contributed by atoms with Crippen molar-refractivity contribution >= 4 is 51.1 Å². The van der Waals surface area contributed by atoms with Gasteiger partial charge in [0.2, 0.25) is 5.95 Å². The van der Waals surface area contributed by atoms with Crippen LogP contribution >= 0.6 is 11.6 Å². The maximum Gasteiger partial charge on any atom is 0.253 e. The van der Waals surface area contributed by atoms with Crippen LogP contribution in [0.2, 0.25) is 5.02 Å². The third-order valence-corrected chi connectivity index (χ3v) is 5.71. The Labute approximate surface area is 173 Å². The second kappa shape index (κ2) is 7.04. The molecule has 2 aromatic heterocycles. The molecule has 7 heteroatoms. The first-order valence-corrected chi connectivity index (χ1v) is 10.0. The Morgan fingerprint density at radius 2 is 1.93 bits per heavy atom. The lowest BCUT2D eigenvalue weighted by Crippen LogP contribution is -2.27. The highest BCUT2D eigenvalue weighted by Crippen LogP contribution is 2.31. The number of pyridine rings is 1. The number of benzene rings is 2. The van der Waals surface area contributed by atoms with E-state index in [-0.39, 0.29) is 5.91 Å². The zero-order chi connectivity index (χ0) is 20.0. The average molecular weight is 406 g/mol. The van der Waals surface area contributed by atoms with Crippen molar-refractivity contribution in [2.45, 2.75) is 12.8 Å². The van der Waals surface area contributed by atoms with Crippen LogP contribution in [0, 0.1) is 0 Å². The van der Waals surface area contributed by atoms with E-state index in [0.717, 1.165) is 53.6 Å². The van der Waals surface area contributed by atoms with Crippen molar-refractivity contribution < 1.29 is 4.79 Å². The summed E-state index contributed by atoms with van der Waals surface area (Å²) in [6, 6.07) is 13.3. The highest BCUT2D eigenvalue weighted by Gasteiger charge is 2.20. The monoisotopic (exact) mass is 405 g/mol. The van der Waals surface area contributed by atoms with E-state index < -0.39 is 0 Å². The van der Waals surface area contributed by atoms with Gasteiger partial charge in [0.1, 0.15) is 0 Å². The summed E-state index contributed by atoms with van der Waals surface area (Å²) in [5.74, 6) is 0.797. The molecule has 0 bridgehead atoms. The number of aromatic nitrogens is 3. The van der Waals surface area contributed by atoms with Crippen LogP contribution < -0.4 is 4.90 Å². The van der Waals surface area contributed by atoms with Crippen molar-refractivity contribution in [3.63, 3.8) is 0 Å². The smallest absolute Gasteiger partial charge is 0.253 e. The lowest BCUT2D eigenvalue weighted by atomic mass is 10.1. The predicted octanol–water partition coefficient (Wildman–Crippen LogP) is 4.77. The summed E-state index contributed by atoms with van der Waals surface area (Å²) >= 11 is 6.09. The first-order chi connectivity index (χ1) is 14.1. The number of halogens is 1. The van der Waals surface area contributed by atoms with Crippen LogP contribution in [0.5, 0.6) is 0 Å². The molecule has 0 unspecified atom stereocenters. The van der Waals surface area contributed by atoms with Crippen molar-refractivity contribution in [3.05, 3.63) is 59.2 Å². The maximum atomic E-state index is 12.7. The molecule has 1 aliphatic rings. The van der Waals surface area contributed by atoms with Crippen LogP contribution in [0.25, 0.3) is 21.9 Å². The summed E-state index contributed by atoms with van der Waals surface area (Å²) in [7, 11) is 1.96. The molecule has 0 aliphatic carbocycles. The number of imidazole rings is 1. The maximum absolute atomic E-state index is 12.7. The number of carbonyl (C=O) groups is 1. The highest BCUT2D eigenvalue weighted by molar-refractivity contribution is 6.31. The molecule has 1 aliphatic heterocycles.